The van der Waals surface area contributed by atoms with Crippen LogP contribution in [0, 0.1) is 0 Å². The van der Waals surface area contributed by atoms with Gasteiger partial charge in [0, 0.05) is 23.8 Å². The molecule has 24 heavy (non-hydrogen) atoms. The highest BCUT2D eigenvalue weighted by Gasteiger charge is 2.22. The summed E-state index contributed by atoms with van der Waals surface area (Å²) < 4.78 is 5.16. The molecule has 3 N–H and O–H groups in total. The number of amides is 2. The van der Waals surface area contributed by atoms with Crippen molar-refractivity contribution in [3.63, 3.8) is 0 Å². The van der Waals surface area contributed by atoms with Gasteiger partial charge in [0.1, 0.15) is 5.60 Å². The number of ether oxygens (including phenoxy) is 1. The van der Waals surface area contributed by atoms with Crippen LogP contribution in [-0.2, 0) is 11.3 Å². The van der Waals surface area contributed by atoms with Crippen molar-refractivity contribution >= 4 is 12.0 Å². The first-order valence-corrected chi connectivity index (χ1v) is 7.87. The van der Waals surface area contributed by atoms with Gasteiger partial charge in [-0.2, -0.15) is 0 Å². The minimum atomic E-state index is -0.542. The van der Waals surface area contributed by atoms with Crippen LogP contribution in [0.1, 0.15) is 57.1 Å². The van der Waals surface area contributed by atoms with E-state index in [2.05, 4.69) is 15.6 Å². The van der Waals surface area contributed by atoms with E-state index < -0.39 is 17.2 Å². The van der Waals surface area contributed by atoms with Crippen molar-refractivity contribution in [2.45, 2.75) is 58.8 Å². The number of aliphatic hydroxyl groups excluding tert-OH is 1. The summed E-state index contributed by atoms with van der Waals surface area (Å²) in [7, 11) is 0. The number of pyridine rings is 1. The van der Waals surface area contributed by atoms with E-state index in [0.29, 0.717) is 24.2 Å². The summed E-state index contributed by atoms with van der Waals surface area (Å²) in [5.41, 5.74) is -0.191. The van der Waals surface area contributed by atoms with Crippen LogP contribution in [-0.4, -0.2) is 39.8 Å². The lowest BCUT2D eigenvalue weighted by atomic mass is 10.00. The summed E-state index contributed by atoms with van der Waals surface area (Å²) in [4.78, 5) is 27.8. The second kappa shape index (κ2) is 8.10. The molecule has 2 amide bonds. The Morgan fingerprint density at radius 3 is 2.50 bits per heavy atom. The first-order valence-electron chi connectivity index (χ1n) is 7.87. The normalized spacial score (nSPS) is 11.8. The van der Waals surface area contributed by atoms with Crippen molar-refractivity contribution in [2.75, 3.05) is 6.54 Å². The highest BCUT2D eigenvalue weighted by molar-refractivity contribution is 5.94. The number of aromatic nitrogens is 1. The maximum Gasteiger partial charge on any atom is 0.407 e. The average molecular weight is 337 g/mol. The van der Waals surface area contributed by atoms with E-state index in [0.717, 1.165) is 0 Å². The number of carbonyl (C=O) groups excluding carboxylic acids is 2. The third kappa shape index (κ3) is 7.41. The van der Waals surface area contributed by atoms with Crippen molar-refractivity contribution in [1.82, 2.24) is 15.6 Å². The van der Waals surface area contributed by atoms with Gasteiger partial charge in [0.05, 0.1) is 12.3 Å². The predicted molar refractivity (Wildman–Crippen MR) is 90.6 cm³/mol. The highest BCUT2D eigenvalue weighted by atomic mass is 16.6. The first kappa shape index (κ1) is 19.9. The number of aliphatic hydroxyl groups is 1. The fraction of sp³-hybridized carbons (Fsp3) is 0.588. The van der Waals surface area contributed by atoms with Gasteiger partial charge in [-0.25, -0.2) is 4.79 Å². The fourth-order valence-corrected chi connectivity index (χ4v) is 1.94. The van der Waals surface area contributed by atoms with Gasteiger partial charge in [0.2, 0.25) is 0 Å². The molecular weight excluding hydrogens is 310 g/mol. The average Bonchev–Trinajstić information content (AvgIpc) is 2.44. The number of nitrogens with zero attached hydrogens (tertiary/aromatic N) is 1. The molecule has 0 fully saturated rings. The lowest BCUT2D eigenvalue weighted by Gasteiger charge is -2.27. The van der Waals surface area contributed by atoms with Crippen LogP contribution in [0.25, 0.3) is 0 Å². The molecular formula is C17H27N3O4. The van der Waals surface area contributed by atoms with Crippen molar-refractivity contribution in [3.8, 4) is 0 Å². The van der Waals surface area contributed by atoms with E-state index in [-0.39, 0.29) is 12.5 Å². The maximum absolute atomic E-state index is 12.3. The van der Waals surface area contributed by atoms with E-state index in [1.807, 2.05) is 13.8 Å². The summed E-state index contributed by atoms with van der Waals surface area (Å²) >= 11 is 0. The molecule has 0 aliphatic heterocycles. The van der Waals surface area contributed by atoms with Crippen LogP contribution in [0.4, 0.5) is 4.79 Å². The maximum atomic E-state index is 12.3. The number of carbonyl (C=O) groups is 2. The van der Waals surface area contributed by atoms with Crippen LogP contribution >= 0.6 is 0 Å². The van der Waals surface area contributed by atoms with Crippen molar-refractivity contribution in [3.05, 3.63) is 29.6 Å². The molecule has 0 aromatic carbocycles. The zero-order chi connectivity index (χ0) is 18.4. The molecule has 0 spiro atoms. The van der Waals surface area contributed by atoms with Crippen molar-refractivity contribution in [2.24, 2.45) is 0 Å². The number of nitrogens with one attached hydrogen (secondary N) is 2. The van der Waals surface area contributed by atoms with E-state index in [9.17, 15) is 9.59 Å². The minimum absolute atomic E-state index is 0.218. The molecule has 7 heteroatoms. The quantitative estimate of drug-likeness (QED) is 0.737. The van der Waals surface area contributed by atoms with Crippen LogP contribution in [0.3, 0.4) is 0 Å². The van der Waals surface area contributed by atoms with E-state index in [1.54, 1.807) is 32.9 Å². The molecule has 1 heterocycles. The molecule has 0 aliphatic rings. The number of hydrogen-bond acceptors (Lipinski definition) is 5. The van der Waals surface area contributed by atoms with Gasteiger partial charge in [-0.15, -0.1) is 0 Å². The fourth-order valence-electron chi connectivity index (χ4n) is 1.94. The Morgan fingerprint density at radius 1 is 1.25 bits per heavy atom. The lowest BCUT2D eigenvalue weighted by molar-refractivity contribution is 0.0524. The summed E-state index contributed by atoms with van der Waals surface area (Å²) in [6.45, 7) is 9.29. The predicted octanol–water partition coefficient (Wildman–Crippen LogP) is 2.00. The van der Waals surface area contributed by atoms with Gasteiger partial charge in [0.25, 0.3) is 5.91 Å². The largest absolute Gasteiger partial charge is 0.444 e. The molecule has 0 radical (unpaired) electrons. The van der Waals surface area contributed by atoms with Gasteiger partial charge in [-0.05, 0) is 53.2 Å². The summed E-state index contributed by atoms with van der Waals surface area (Å²) in [6, 6.07) is 3.13. The molecule has 0 unspecified atom stereocenters. The summed E-state index contributed by atoms with van der Waals surface area (Å²) in [6.07, 6.45) is 1.54. The Kier molecular flexibility index (Phi) is 6.71. The summed E-state index contributed by atoms with van der Waals surface area (Å²) in [5.74, 6) is -0.255. The Morgan fingerprint density at radius 2 is 1.92 bits per heavy atom. The second-order valence-electron chi connectivity index (χ2n) is 7.21. The van der Waals surface area contributed by atoms with Gasteiger partial charge < -0.3 is 20.5 Å². The lowest BCUT2D eigenvalue weighted by Crippen LogP contribution is -2.46. The number of alkyl carbamates (subject to hydrolysis) is 1. The smallest absolute Gasteiger partial charge is 0.407 e. The van der Waals surface area contributed by atoms with Gasteiger partial charge in [-0.3, -0.25) is 9.78 Å². The molecule has 0 saturated heterocycles. The summed E-state index contributed by atoms with van der Waals surface area (Å²) in [5, 5.41) is 14.7. The molecule has 1 rings (SSSR count). The van der Waals surface area contributed by atoms with Gasteiger partial charge in [0.15, 0.2) is 0 Å². The third-order valence-electron chi connectivity index (χ3n) is 3.11. The molecule has 1 aromatic heterocycles. The van der Waals surface area contributed by atoms with Gasteiger partial charge in [-0.1, -0.05) is 0 Å². The van der Waals surface area contributed by atoms with Crippen molar-refractivity contribution < 1.29 is 19.4 Å². The molecule has 1 aromatic rings. The molecule has 0 bridgehead atoms. The molecule has 0 atom stereocenters. The number of hydrogen-bond donors (Lipinski definition) is 3. The Hall–Kier alpha value is -2.15. The number of rotatable bonds is 6. The molecule has 7 nitrogen and oxygen atoms in total. The van der Waals surface area contributed by atoms with Gasteiger partial charge >= 0.3 is 6.09 Å². The Labute approximate surface area is 142 Å². The van der Waals surface area contributed by atoms with E-state index in [1.165, 1.54) is 6.20 Å². The zero-order valence-corrected chi connectivity index (χ0v) is 15.0. The topological polar surface area (TPSA) is 101 Å². The first-order chi connectivity index (χ1) is 11.0. The van der Waals surface area contributed by atoms with Crippen LogP contribution in [0.2, 0.25) is 0 Å². The van der Waals surface area contributed by atoms with Crippen LogP contribution in [0.5, 0.6) is 0 Å². The Bertz CT molecular complexity index is 579. The van der Waals surface area contributed by atoms with Crippen LogP contribution < -0.4 is 10.6 Å². The highest BCUT2D eigenvalue weighted by Crippen LogP contribution is 2.11. The minimum Gasteiger partial charge on any atom is -0.444 e. The van der Waals surface area contributed by atoms with E-state index >= 15 is 0 Å². The Balaban J connectivity index is 2.50. The monoisotopic (exact) mass is 337 g/mol. The molecule has 134 valence electrons. The van der Waals surface area contributed by atoms with Crippen molar-refractivity contribution in [1.29, 1.82) is 0 Å². The third-order valence-corrected chi connectivity index (χ3v) is 3.11. The molecule has 0 saturated carbocycles. The SMILES string of the molecule is CC(C)(CCNC(=O)OC(C)(C)C)NC(=O)c1ccnc(CO)c1. The second-order valence-corrected chi connectivity index (χ2v) is 7.21. The van der Waals surface area contributed by atoms with E-state index in [4.69, 9.17) is 9.84 Å². The molecule has 0 aliphatic carbocycles. The van der Waals surface area contributed by atoms with Crippen LogP contribution in [0.15, 0.2) is 18.3 Å². The standard InChI is InChI=1S/C17H27N3O4/c1-16(2,3)24-15(23)19-9-7-17(4,5)20-14(22)12-6-8-18-13(10-12)11-21/h6,8,10,21H,7,9,11H2,1-5H3,(H,19,23)(H,20,22). The zero-order valence-electron chi connectivity index (χ0n) is 15.0.